The Morgan fingerprint density at radius 1 is 0.597 bits per heavy atom. The number of aliphatic hydroxyl groups is 6. The minimum Gasteiger partial charge on any atom is -0.462 e. The van der Waals surface area contributed by atoms with Gasteiger partial charge in [-0.2, -0.15) is 0 Å². The molecule has 1 aliphatic rings. The highest BCUT2D eigenvalue weighted by atomic mass is 31.2. The van der Waals surface area contributed by atoms with Crippen molar-refractivity contribution >= 4 is 19.8 Å². The normalized spacial score (nSPS) is 22.9. The molecule has 0 amide bonds. The largest absolute Gasteiger partial charge is 0.472 e. The summed E-state index contributed by atoms with van der Waals surface area (Å²) in [5.74, 6) is -1.21. The van der Waals surface area contributed by atoms with Crippen LogP contribution in [0.25, 0.3) is 0 Å². The molecule has 62 heavy (non-hydrogen) atoms. The van der Waals surface area contributed by atoms with Crippen LogP contribution in [0.3, 0.4) is 0 Å². The first-order valence-electron chi connectivity index (χ1n) is 23.2. The number of rotatable bonds is 37. The van der Waals surface area contributed by atoms with Gasteiger partial charge in [-0.15, -0.1) is 0 Å². The Morgan fingerprint density at radius 2 is 1.11 bits per heavy atom. The molecule has 358 valence electrons. The summed E-state index contributed by atoms with van der Waals surface area (Å²) < 4.78 is 33.4. The molecule has 0 aromatic carbocycles. The summed E-state index contributed by atoms with van der Waals surface area (Å²) in [6.45, 7) is 3.06. The van der Waals surface area contributed by atoms with E-state index in [2.05, 4.69) is 26.0 Å². The van der Waals surface area contributed by atoms with Crippen LogP contribution in [0.15, 0.2) is 60.8 Å². The second-order valence-electron chi connectivity index (χ2n) is 16.1. The topological polar surface area (TPSA) is 230 Å². The van der Waals surface area contributed by atoms with Crippen molar-refractivity contribution in [2.24, 2.45) is 0 Å². The summed E-state index contributed by atoms with van der Waals surface area (Å²) in [7, 11) is -5.15. The Kier molecular flexibility index (Phi) is 34.2. The molecular weight excluding hydrogens is 819 g/mol. The van der Waals surface area contributed by atoms with Crippen molar-refractivity contribution in [3.05, 3.63) is 60.8 Å². The van der Waals surface area contributed by atoms with Gasteiger partial charge >= 0.3 is 19.8 Å². The van der Waals surface area contributed by atoms with E-state index in [9.17, 15) is 49.7 Å². The lowest BCUT2D eigenvalue weighted by atomic mass is 9.85. The number of allylic oxidation sites excluding steroid dienone is 8. The van der Waals surface area contributed by atoms with Crippen LogP contribution in [-0.4, -0.2) is 110 Å². The van der Waals surface area contributed by atoms with E-state index >= 15 is 0 Å². The zero-order valence-corrected chi connectivity index (χ0v) is 38.4. The van der Waals surface area contributed by atoms with Crippen molar-refractivity contribution in [1.82, 2.24) is 0 Å². The quantitative estimate of drug-likeness (QED) is 0.0103. The van der Waals surface area contributed by atoms with Crippen molar-refractivity contribution in [3.8, 4) is 0 Å². The summed E-state index contributed by atoms with van der Waals surface area (Å²) in [5, 5.41) is 60.2. The molecule has 1 rings (SSSR count). The van der Waals surface area contributed by atoms with E-state index < -0.39 is 81.8 Å². The molecule has 15 heteroatoms. The standard InChI is InChI=1S/C47H81O14P/c1-3-5-7-9-11-12-13-14-15-16-17-18-22-26-30-34-40(49)58-36-39(37-59-62(56,57)61-47-45(54)43(52)42(51)44(53)46(47)55)60-41(50)35-31-27-23-20-19-21-25-29-33-38(48)32-28-24-10-8-6-4-2/h6,8,20-21,23-25,28-29,33,38-39,42-48,51-55H,3-5,7,9-19,22,26-27,30-32,34-37H2,1-2H3,(H,56,57)/b8-6-,23-20-,25-21-,28-24-,33-29+/t38?,39-,42?,43-,44+,45-,46-,47?/m1/s1. The first-order valence-corrected chi connectivity index (χ1v) is 24.7. The van der Waals surface area contributed by atoms with Crippen molar-refractivity contribution in [2.75, 3.05) is 13.2 Å². The Labute approximate surface area is 371 Å². The van der Waals surface area contributed by atoms with Gasteiger partial charge in [0.25, 0.3) is 0 Å². The Hall–Kier alpha value is -2.49. The molecule has 1 saturated carbocycles. The van der Waals surface area contributed by atoms with Gasteiger partial charge in [0.1, 0.15) is 43.2 Å². The summed E-state index contributed by atoms with van der Waals surface area (Å²) in [4.78, 5) is 35.7. The third-order valence-corrected chi connectivity index (χ3v) is 11.4. The number of esters is 2. The lowest BCUT2D eigenvalue weighted by molar-refractivity contribution is -0.220. The SMILES string of the molecule is CC/C=C\C/C=C\CC(O)/C=C/C=C\C/C=C\CCCC(=O)O[C@H](COC(=O)CCCCCCCCCCCCCCCCC)COP(=O)(O)OC1[C@H](O)[C@H](O)C(O)[C@H](O)[C@H]1O. The summed E-state index contributed by atoms with van der Waals surface area (Å²) >= 11 is 0. The van der Waals surface area contributed by atoms with E-state index in [1.807, 2.05) is 36.5 Å². The summed E-state index contributed by atoms with van der Waals surface area (Å²) in [5.41, 5.74) is 0. The van der Waals surface area contributed by atoms with Gasteiger partial charge in [0, 0.05) is 12.8 Å². The van der Waals surface area contributed by atoms with Crippen molar-refractivity contribution in [1.29, 1.82) is 0 Å². The van der Waals surface area contributed by atoms with Crippen LogP contribution in [0.1, 0.15) is 162 Å². The summed E-state index contributed by atoms with van der Waals surface area (Å²) in [6.07, 6.45) is 27.3. The lowest BCUT2D eigenvalue weighted by Crippen LogP contribution is -2.64. The molecule has 0 aliphatic heterocycles. The highest BCUT2D eigenvalue weighted by molar-refractivity contribution is 7.47. The van der Waals surface area contributed by atoms with Gasteiger partial charge < -0.3 is 45.0 Å². The molecule has 4 unspecified atom stereocenters. The van der Waals surface area contributed by atoms with E-state index in [1.165, 1.54) is 70.6 Å². The minimum atomic E-state index is -5.15. The smallest absolute Gasteiger partial charge is 0.462 e. The molecule has 0 heterocycles. The van der Waals surface area contributed by atoms with Crippen LogP contribution in [0.4, 0.5) is 0 Å². The van der Waals surface area contributed by atoms with Crippen molar-refractivity contribution < 1.29 is 68.2 Å². The van der Waals surface area contributed by atoms with E-state index in [0.717, 1.165) is 32.1 Å². The fraction of sp³-hybridized carbons (Fsp3) is 0.745. The van der Waals surface area contributed by atoms with Crippen LogP contribution in [0.2, 0.25) is 0 Å². The average molecular weight is 901 g/mol. The number of carbonyl (C=O) groups is 2. The van der Waals surface area contributed by atoms with Gasteiger partial charge in [-0.25, -0.2) is 4.57 Å². The molecule has 1 fully saturated rings. The number of ether oxygens (including phenoxy) is 2. The van der Waals surface area contributed by atoms with Crippen molar-refractivity contribution in [3.63, 3.8) is 0 Å². The van der Waals surface area contributed by atoms with Crippen LogP contribution in [-0.2, 0) is 32.7 Å². The molecule has 0 spiro atoms. The van der Waals surface area contributed by atoms with E-state index in [4.69, 9.17) is 18.5 Å². The Morgan fingerprint density at radius 3 is 1.71 bits per heavy atom. The fourth-order valence-corrected chi connectivity index (χ4v) is 7.67. The van der Waals surface area contributed by atoms with E-state index in [0.29, 0.717) is 32.1 Å². The minimum absolute atomic E-state index is 0.0143. The lowest BCUT2D eigenvalue weighted by Gasteiger charge is -2.41. The molecule has 9 atom stereocenters. The molecule has 14 nitrogen and oxygen atoms in total. The zero-order valence-electron chi connectivity index (χ0n) is 37.5. The third-order valence-electron chi connectivity index (χ3n) is 10.5. The van der Waals surface area contributed by atoms with Crippen LogP contribution in [0, 0.1) is 0 Å². The van der Waals surface area contributed by atoms with E-state index in [-0.39, 0.29) is 12.8 Å². The van der Waals surface area contributed by atoms with Gasteiger partial charge in [-0.05, 0) is 44.9 Å². The van der Waals surface area contributed by atoms with Crippen LogP contribution >= 0.6 is 7.82 Å². The van der Waals surface area contributed by atoms with Crippen LogP contribution in [0.5, 0.6) is 0 Å². The van der Waals surface area contributed by atoms with Gasteiger partial charge in [-0.1, -0.05) is 164 Å². The second-order valence-corrected chi connectivity index (χ2v) is 17.5. The molecule has 7 N–H and O–H groups in total. The maximum atomic E-state index is 12.8. The second kappa shape index (κ2) is 36.8. The number of aliphatic hydroxyl groups excluding tert-OH is 6. The first-order chi connectivity index (χ1) is 29.8. The first kappa shape index (κ1) is 57.5. The number of carbonyl (C=O) groups excluding carboxylic acids is 2. The number of phosphoric ester groups is 1. The maximum absolute atomic E-state index is 12.8. The van der Waals surface area contributed by atoms with Gasteiger partial charge in [0.05, 0.1) is 12.7 Å². The maximum Gasteiger partial charge on any atom is 0.472 e. The highest BCUT2D eigenvalue weighted by Crippen LogP contribution is 2.47. The monoisotopic (exact) mass is 901 g/mol. The molecule has 1 aliphatic carbocycles. The van der Waals surface area contributed by atoms with Gasteiger partial charge in [0.15, 0.2) is 6.10 Å². The van der Waals surface area contributed by atoms with Crippen molar-refractivity contribution in [2.45, 2.75) is 210 Å². The number of hydrogen-bond acceptors (Lipinski definition) is 13. The number of hydrogen-bond donors (Lipinski definition) is 7. The molecule has 0 aromatic heterocycles. The number of unbranched alkanes of at least 4 members (excludes halogenated alkanes) is 15. The Bertz CT molecular complexity index is 1330. The number of phosphoric acid groups is 1. The van der Waals surface area contributed by atoms with Gasteiger partial charge in [-0.3, -0.25) is 18.6 Å². The molecular formula is C47H81O14P. The highest BCUT2D eigenvalue weighted by Gasteiger charge is 2.51. The average Bonchev–Trinajstić information content (AvgIpc) is 3.25. The van der Waals surface area contributed by atoms with E-state index in [1.54, 1.807) is 12.2 Å². The predicted molar refractivity (Wildman–Crippen MR) is 241 cm³/mol. The third kappa shape index (κ3) is 29.1. The molecule has 0 saturated heterocycles. The predicted octanol–water partition coefficient (Wildman–Crippen LogP) is 7.92. The fourth-order valence-electron chi connectivity index (χ4n) is 6.70. The zero-order chi connectivity index (χ0) is 45.9. The van der Waals surface area contributed by atoms with Gasteiger partial charge in [0.2, 0.25) is 0 Å². The summed E-state index contributed by atoms with van der Waals surface area (Å²) in [6, 6.07) is 0. The van der Waals surface area contributed by atoms with Crippen LogP contribution < -0.4 is 0 Å². The molecule has 0 aromatic rings. The Balaban J connectivity index is 2.53. The molecule has 0 radical (unpaired) electrons. The molecule has 0 bridgehead atoms.